The van der Waals surface area contributed by atoms with Gasteiger partial charge in [-0.25, -0.2) is 0 Å². The van der Waals surface area contributed by atoms with Gasteiger partial charge < -0.3 is 15.3 Å². The summed E-state index contributed by atoms with van der Waals surface area (Å²) in [5, 5.41) is 11.8. The quantitative estimate of drug-likeness (QED) is 0.427. The smallest absolute Gasteiger partial charge is 0.303 e. The molecular weight excluding hydrogens is 268 g/mol. The maximum Gasteiger partial charge on any atom is 0.303 e. The second-order valence-electron chi connectivity index (χ2n) is 5.86. The molecule has 0 aliphatic carbocycles. The van der Waals surface area contributed by atoms with Crippen LogP contribution in [-0.4, -0.2) is 48.1 Å². The van der Waals surface area contributed by atoms with E-state index in [2.05, 4.69) is 18.5 Å². The third-order valence-electron chi connectivity index (χ3n) is 3.32. The van der Waals surface area contributed by atoms with Gasteiger partial charge in [-0.15, -0.1) is 13.2 Å². The van der Waals surface area contributed by atoms with E-state index in [4.69, 9.17) is 5.11 Å². The third kappa shape index (κ3) is 9.85. The minimum atomic E-state index is -0.768. The summed E-state index contributed by atoms with van der Waals surface area (Å²) in [6, 6.07) is 0. The molecule has 0 heterocycles. The lowest BCUT2D eigenvalue weighted by Gasteiger charge is -2.24. The zero-order chi connectivity index (χ0) is 16.3. The van der Waals surface area contributed by atoms with Crippen molar-refractivity contribution in [3.8, 4) is 0 Å². The Morgan fingerprint density at radius 1 is 1.19 bits per heavy atom. The summed E-state index contributed by atoms with van der Waals surface area (Å²) in [7, 11) is 0. The van der Waals surface area contributed by atoms with Crippen LogP contribution >= 0.6 is 0 Å². The zero-order valence-electron chi connectivity index (χ0n) is 13.2. The van der Waals surface area contributed by atoms with Crippen LogP contribution in [0.4, 0.5) is 0 Å². The highest BCUT2D eigenvalue weighted by Gasteiger charge is 2.19. The Bertz CT molecular complexity index is 355. The van der Waals surface area contributed by atoms with Crippen molar-refractivity contribution in [2.45, 2.75) is 33.1 Å². The number of carbonyl (C=O) groups excluding carboxylic acids is 1. The normalized spacial score (nSPS) is 11.0. The summed E-state index contributed by atoms with van der Waals surface area (Å²) >= 11 is 0. The lowest BCUT2D eigenvalue weighted by atomic mass is 9.84. The van der Waals surface area contributed by atoms with Crippen molar-refractivity contribution >= 4 is 11.9 Å². The lowest BCUT2D eigenvalue weighted by molar-refractivity contribution is -0.137. The van der Waals surface area contributed by atoms with E-state index in [1.165, 1.54) is 0 Å². The molecule has 120 valence electrons. The van der Waals surface area contributed by atoms with Crippen molar-refractivity contribution in [3.05, 3.63) is 25.3 Å². The van der Waals surface area contributed by atoms with E-state index in [0.29, 0.717) is 26.1 Å². The Hall–Kier alpha value is -1.62. The Morgan fingerprint density at radius 3 is 2.24 bits per heavy atom. The molecule has 0 unspecified atom stereocenters. The van der Waals surface area contributed by atoms with Crippen LogP contribution in [-0.2, 0) is 9.59 Å². The number of rotatable bonds is 12. The van der Waals surface area contributed by atoms with Crippen LogP contribution in [0.15, 0.2) is 25.3 Å². The largest absolute Gasteiger partial charge is 0.481 e. The molecule has 0 aromatic carbocycles. The first-order valence-corrected chi connectivity index (χ1v) is 7.24. The molecule has 0 fully saturated rings. The molecule has 0 spiro atoms. The van der Waals surface area contributed by atoms with Gasteiger partial charge >= 0.3 is 5.97 Å². The van der Waals surface area contributed by atoms with Crippen molar-refractivity contribution < 1.29 is 14.7 Å². The number of carboxylic acids is 1. The van der Waals surface area contributed by atoms with E-state index in [0.717, 1.165) is 6.42 Å². The zero-order valence-corrected chi connectivity index (χ0v) is 13.2. The number of nitrogens with zero attached hydrogens (tertiary/aromatic N) is 1. The van der Waals surface area contributed by atoms with Crippen LogP contribution in [0.25, 0.3) is 0 Å². The Morgan fingerprint density at radius 2 is 1.76 bits per heavy atom. The standard InChI is InChI=1S/C16H28N2O3/c1-5-11-18(12-6-2)14(19)13-17-10-9-16(3,4)8-7-15(20)21/h5-6,17H,1-2,7-13H2,3-4H3,(H,20,21). The van der Waals surface area contributed by atoms with E-state index in [-0.39, 0.29) is 24.3 Å². The fraction of sp³-hybridized carbons (Fsp3) is 0.625. The van der Waals surface area contributed by atoms with Crippen molar-refractivity contribution in [2.24, 2.45) is 5.41 Å². The summed E-state index contributed by atoms with van der Waals surface area (Å²) in [6.45, 7) is 13.3. The number of hydrogen-bond donors (Lipinski definition) is 2. The minimum Gasteiger partial charge on any atom is -0.481 e. The molecule has 0 aromatic heterocycles. The molecule has 0 rings (SSSR count). The summed E-state index contributed by atoms with van der Waals surface area (Å²) in [5.74, 6) is -0.756. The fourth-order valence-corrected chi connectivity index (χ4v) is 1.89. The first-order valence-electron chi connectivity index (χ1n) is 7.24. The number of amides is 1. The minimum absolute atomic E-state index is 0.0122. The Kier molecular flexibility index (Phi) is 9.37. The molecular formula is C16H28N2O3. The molecule has 0 aliphatic rings. The van der Waals surface area contributed by atoms with Gasteiger partial charge in [0.05, 0.1) is 6.54 Å². The van der Waals surface area contributed by atoms with Gasteiger partial charge in [-0.2, -0.15) is 0 Å². The van der Waals surface area contributed by atoms with Gasteiger partial charge in [0, 0.05) is 19.5 Å². The van der Waals surface area contributed by atoms with Crippen molar-refractivity contribution in [1.29, 1.82) is 0 Å². The third-order valence-corrected chi connectivity index (χ3v) is 3.32. The molecule has 21 heavy (non-hydrogen) atoms. The van der Waals surface area contributed by atoms with E-state index >= 15 is 0 Å². The second-order valence-corrected chi connectivity index (χ2v) is 5.86. The van der Waals surface area contributed by atoms with E-state index in [1.807, 2.05) is 13.8 Å². The summed E-state index contributed by atoms with van der Waals surface area (Å²) in [4.78, 5) is 24.2. The molecule has 5 heteroatoms. The topological polar surface area (TPSA) is 69.6 Å². The van der Waals surface area contributed by atoms with E-state index in [1.54, 1.807) is 17.1 Å². The van der Waals surface area contributed by atoms with Crippen molar-refractivity contribution in [2.75, 3.05) is 26.2 Å². The Balaban J connectivity index is 4.01. The van der Waals surface area contributed by atoms with Gasteiger partial charge in [0.2, 0.25) is 5.91 Å². The average molecular weight is 296 g/mol. The van der Waals surface area contributed by atoms with E-state index < -0.39 is 5.97 Å². The van der Waals surface area contributed by atoms with Crippen molar-refractivity contribution in [1.82, 2.24) is 10.2 Å². The van der Waals surface area contributed by atoms with Crippen LogP contribution in [0.1, 0.15) is 33.1 Å². The molecule has 2 N–H and O–H groups in total. The molecule has 0 saturated heterocycles. The maximum absolute atomic E-state index is 12.0. The lowest BCUT2D eigenvalue weighted by Crippen LogP contribution is -2.39. The predicted molar refractivity (Wildman–Crippen MR) is 85.1 cm³/mol. The van der Waals surface area contributed by atoms with Crippen LogP contribution < -0.4 is 5.32 Å². The molecule has 0 saturated carbocycles. The SMILES string of the molecule is C=CCN(CC=C)C(=O)CNCCC(C)(C)CCC(=O)O. The number of hydrogen-bond acceptors (Lipinski definition) is 3. The average Bonchev–Trinajstić information content (AvgIpc) is 2.41. The molecule has 0 atom stereocenters. The number of aliphatic carboxylic acids is 1. The van der Waals surface area contributed by atoms with Crippen LogP contribution in [0.2, 0.25) is 0 Å². The first-order chi connectivity index (χ1) is 9.82. The second kappa shape index (κ2) is 10.2. The molecule has 1 amide bonds. The number of carboxylic acid groups (broad SMARTS) is 1. The summed E-state index contributed by atoms with van der Waals surface area (Å²) in [6.07, 6.45) is 5.03. The molecule has 0 aliphatic heterocycles. The number of carbonyl (C=O) groups is 2. The molecule has 5 nitrogen and oxygen atoms in total. The highest BCUT2D eigenvalue weighted by atomic mass is 16.4. The van der Waals surface area contributed by atoms with Crippen LogP contribution in [0.5, 0.6) is 0 Å². The maximum atomic E-state index is 12.0. The van der Waals surface area contributed by atoms with Gasteiger partial charge in [0.15, 0.2) is 0 Å². The van der Waals surface area contributed by atoms with Crippen LogP contribution in [0, 0.1) is 5.41 Å². The van der Waals surface area contributed by atoms with Gasteiger partial charge in [0.25, 0.3) is 0 Å². The Labute approximate surface area is 127 Å². The fourth-order valence-electron chi connectivity index (χ4n) is 1.89. The summed E-state index contributed by atoms with van der Waals surface area (Å²) < 4.78 is 0. The van der Waals surface area contributed by atoms with Crippen LogP contribution in [0.3, 0.4) is 0 Å². The molecule has 0 bridgehead atoms. The molecule has 0 radical (unpaired) electrons. The van der Waals surface area contributed by atoms with Gasteiger partial charge in [-0.05, 0) is 24.8 Å². The highest BCUT2D eigenvalue weighted by molar-refractivity contribution is 5.78. The predicted octanol–water partition coefficient (Wildman–Crippen LogP) is 2.06. The summed E-state index contributed by atoms with van der Waals surface area (Å²) in [5.41, 5.74) is -0.0453. The number of nitrogens with one attached hydrogen (secondary N) is 1. The van der Waals surface area contributed by atoms with Gasteiger partial charge in [-0.3, -0.25) is 9.59 Å². The monoisotopic (exact) mass is 296 g/mol. The molecule has 0 aromatic rings. The van der Waals surface area contributed by atoms with Gasteiger partial charge in [-0.1, -0.05) is 26.0 Å². The van der Waals surface area contributed by atoms with Gasteiger partial charge in [0.1, 0.15) is 0 Å². The first kappa shape index (κ1) is 19.4. The highest BCUT2D eigenvalue weighted by Crippen LogP contribution is 2.25. The van der Waals surface area contributed by atoms with Crippen molar-refractivity contribution in [3.63, 3.8) is 0 Å². The van der Waals surface area contributed by atoms with E-state index in [9.17, 15) is 9.59 Å².